The minimum atomic E-state index is -0.136. The van der Waals surface area contributed by atoms with Crippen molar-refractivity contribution < 1.29 is 9.59 Å². The van der Waals surface area contributed by atoms with E-state index in [4.69, 9.17) is 0 Å². The molecule has 2 amide bonds. The zero-order valence-corrected chi connectivity index (χ0v) is 9.69. The van der Waals surface area contributed by atoms with E-state index in [1.165, 1.54) is 0 Å². The summed E-state index contributed by atoms with van der Waals surface area (Å²) in [5, 5.41) is 0. The maximum absolute atomic E-state index is 12.3. The molecule has 4 nitrogen and oxygen atoms in total. The molecule has 16 heavy (non-hydrogen) atoms. The highest BCUT2D eigenvalue weighted by Crippen LogP contribution is 2.37. The number of carbonyl (C=O) groups excluding carboxylic acids is 2. The highest BCUT2D eigenvalue weighted by molar-refractivity contribution is 5.95. The number of rotatable bonds is 1. The summed E-state index contributed by atoms with van der Waals surface area (Å²) in [5.74, 6) is 0.948. The summed E-state index contributed by atoms with van der Waals surface area (Å²) in [6.07, 6.45) is 4.07. The number of carbonyl (C=O) groups is 2. The van der Waals surface area contributed by atoms with Crippen LogP contribution in [0.2, 0.25) is 0 Å². The molecule has 0 N–H and O–H groups in total. The summed E-state index contributed by atoms with van der Waals surface area (Å²) < 4.78 is 0. The fraction of sp³-hybridized carbons (Fsp3) is 0.833. The molecule has 3 atom stereocenters. The van der Waals surface area contributed by atoms with Crippen LogP contribution in [0.5, 0.6) is 0 Å². The predicted molar refractivity (Wildman–Crippen MR) is 58.6 cm³/mol. The lowest BCUT2D eigenvalue weighted by Gasteiger charge is -2.43. The van der Waals surface area contributed by atoms with Crippen LogP contribution in [0.4, 0.5) is 0 Å². The van der Waals surface area contributed by atoms with E-state index in [1.54, 1.807) is 4.90 Å². The lowest BCUT2D eigenvalue weighted by molar-refractivity contribution is -0.158. The smallest absolute Gasteiger partial charge is 0.246 e. The van der Waals surface area contributed by atoms with Gasteiger partial charge in [-0.1, -0.05) is 6.92 Å². The van der Waals surface area contributed by atoms with Crippen LogP contribution in [0.25, 0.3) is 0 Å². The summed E-state index contributed by atoms with van der Waals surface area (Å²) >= 11 is 0. The van der Waals surface area contributed by atoms with Crippen molar-refractivity contribution in [1.29, 1.82) is 0 Å². The van der Waals surface area contributed by atoms with E-state index in [-0.39, 0.29) is 17.9 Å². The van der Waals surface area contributed by atoms with Crippen molar-refractivity contribution >= 4 is 11.8 Å². The number of piperidine rings is 1. The average molecular weight is 222 g/mol. The second-order valence-electron chi connectivity index (χ2n) is 5.35. The van der Waals surface area contributed by atoms with Gasteiger partial charge in [0.05, 0.1) is 0 Å². The molecule has 3 fully saturated rings. The molecule has 1 saturated carbocycles. The van der Waals surface area contributed by atoms with Gasteiger partial charge in [0.15, 0.2) is 0 Å². The van der Waals surface area contributed by atoms with E-state index < -0.39 is 0 Å². The molecule has 0 radical (unpaired) electrons. The molecule has 2 heterocycles. The van der Waals surface area contributed by atoms with Crippen LogP contribution in [0.3, 0.4) is 0 Å². The van der Waals surface area contributed by atoms with Gasteiger partial charge >= 0.3 is 0 Å². The fourth-order valence-corrected chi connectivity index (χ4v) is 3.01. The Morgan fingerprint density at radius 3 is 2.62 bits per heavy atom. The van der Waals surface area contributed by atoms with Gasteiger partial charge in [-0.15, -0.1) is 0 Å². The molecule has 0 aromatic heterocycles. The van der Waals surface area contributed by atoms with Crippen LogP contribution in [0, 0.1) is 5.92 Å². The molecule has 2 saturated heterocycles. The number of hydrogen-bond donors (Lipinski definition) is 0. The zero-order valence-electron chi connectivity index (χ0n) is 9.69. The van der Waals surface area contributed by atoms with E-state index >= 15 is 0 Å². The maximum atomic E-state index is 12.3. The Bertz CT molecular complexity index is 338. The van der Waals surface area contributed by atoms with E-state index in [0.717, 1.165) is 32.2 Å². The van der Waals surface area contributed by atoms with Crippen molar-refractivity contribution in [2.24, 2.45) is 5.92 Å². The van der Waals surface area contributed by atoms with Crippen molar-refractivity contribution in [3.63, 3.8) is 0 Å². The second kappa shape index (κ2) is 3.47. The van der Waals surface area contributed by atoms with Crippen molar-refractivity contribution in [2.75, 3.05) is 13.1 Å². The van der Waals surface area contributed by atoms with Crippen molar-refractivity contribution in [1.82, 2.24) is 9.80 Å². The third kappa shape index (κ3) is 1.43. The number of piperazine rings is 1. The molecule has 0 bridgehead atoms. The van der Waals surface area contributed by atoms with Gasteiger partial charge in [0, 0.05) is 12.6 Å². The first-order valence-electron chi connectivity index (χ1n) is 6.28. The second-order valence-corrected chi connectivity index (χ2v) is 5.35. The standard InChI is InChI=1S/C12H18N2O2/c1-8-6-10(8)14-7-11(15)13-5-3-2-4-9(13)12(14)16/h8-10H,2-7H2,1H3. The topological polar surface area (TPSA) is 40.6 Å². The van der Waals surface area contributed by atoms with Crippen LogP contribution in [0.1, 0.15) is 32.6 Å². The molecule has 2 aliphatic heterocycles. The molecule has 3 rings (SSSR count). The Hall–Kier alpha value is -1.06. The van der Waals surface area contributed by atoms with E-state index in [0.29, 0.717) is 18.5 Å². The van der Waals surface area contributed by atoms with Gasteiger partial charge in [0.25, 0.3) is 0 Å². The number of nitrogens with zero attached hydrogens (tertiary/aromatic N) is 2. The Balaban J connectivity index is 1.80. The molecule has 3 unspecified atom stereocenters. The third-order valence-corrected chi connectivity index (χ3v) is 4.16. The van der Waals surface area contributed by atoms with Crippen LogP contribution < -0.4 is 0 Å². The fourth-order valence-electron chi connectivity index (χ4n) is 3.01. The molecule has 0 aromatic rings. The van der Waals surface area contributed by atoms with E-state index in [2.05, 4.69) is 6.92 Å². The molecule has 4 heteroatoms. The van der Waals surface area contributed by atoms with Gasteiger partial charge in [-0.3, -0.25) is 9.59 Å². The first-order valence-corrected chi connectivity index (χ1v) is 6.28. The van der Waals surface area contributed by atoms with Crippen molar-refractivity contribution in [3.8, 4) is 0 Å². The van der Waals surface area contributed by atoms with Crippen molar-refractivity contribution in [2.45, 2.75) is 44.7 Å². The monoisotopic (exact) mass is 222 g/mol. The van der Waals surface area contributed by atoms with Gasteiger partial charge < -0.3 is 9.80 Å². The molecular weight excluding hydrogens is 204 g/mol. The molecule has 0 aromatic carbocycles. The quantitative estimate of drug-likeness (QED) is 0.652. The van der Waals surface area contributed by atoms with Crippen LogP contribution in [-0.4, -0.2) is 46.8 Å². The van der Waals surface area contributed by atoms with Gasteiger partial charge in [0.2, 0.25) is 11.8 Å². The van der Waals surface area contributed by atoms with Crippen LogP contribution in [0.15, 0.2) is 0 Å². The molecule has 1 aliphatic carbocycles. The Kier molecular flexibility index (Phi) is 2.19. The van der Waals surface area contributed by atoms with Crippen LogP contribution in [-0.2, 0) is 9.59 Å². The molecule has 88 valence electrons. The SMILES string of the molecule is CC1CC1N1CC(=O)N2CCCCC2C1=O. The summed E-state index contributed by atoms with van der Waals surface area (Å²) in [6.45, 7) is 3.25. The van der Waals surface area contributed by atoms with E-state index in [9.17, 15) is 9.59 Å². The van der Waals surface area contributed by atoms with Gasteiger partial charge in [0.1, 0.15) is 12.6 Å². The van der Waals surface area contributed by atoms with Crippen LogP contribution >= 0.6 is 0 Å². The number of amides is 2. The zero-order chi connectivity index (χ0) is 11.3. The minimum absolute atomic E-state index is 0.136. The highest BCUT2D eigenvalue weighted by atomic mass is 16.2. The molecule has 0 spiro atoms. The first kappa shape index (κ1) is 10.1. The number of hydrogen-bond acceptors (Lipinski definition) is 2. The highest BCUT2D eigenvalue weighted by Gasteiger charge is 2.48. The van der Waals surface area contributed by atoms with Gasteiger partial charge in [-0.2, -0.15) is 0 Å². The lowest BCUT2D eigenvalue weighted by atomic mass is 9.98. The Labute approximate surface area is 95.6 Å². The summed E-state index contributed by atoms with van der Waals surface area (Å²) in [4.78, 5) is 27.9. The van der Waals surface area contributed by atoms with Gasteiger partial charge in [-0.25, -0.2) is 0 Å². The molecular formula is C12H18N2O2. The summed E-state index contributed by atoms with van der Waals surface area (Å²) in [7, 11) is 0. The van der Waals surface area contributed by atoms with Crippen molar-refractivity contribution in [3.05, 3.63) is 0 Å². The maximum Gasteiger partial charge on any atom is 0.246 e. The minimum Gasteiger partial charge on any atom is -0.329 e. The average Bonchev–Trinajstić information content (AvgIpc) is 3.01. The predicted octanol–water partition coefficient (Wildman–Crippen LogP) is 0.618. The largest absolute Gasteiger partial charge is 0.329 e. The summed E-state index contributed by atoms with van der Waals surface area (Å²) in [5.41, 5.74) is 0. The van der Waals surface area contributed by atoms with E-state index in [1.807, 2.05) is 4.90 Å². The lowest BCUT2D eigenvalue weighted by Crippen LogP contribution is -2.61. The normalized spacial score (nSPS) is 38.7. The Morgan fingerprint density at radius 2 is 1.94 bits per heavy atom. The van der Waals surface area contributed by atoms with Gasteiger partial charge in [-0.05, 0) is 31.6 Å². The Morgan fingerprint density at radius 1 is 1.19 bits per heavy atom. The third-order valence-electron chi connectivity index (χ3n) is 4.16. The molecule has 3 aliphatic rings. The number of fused-ring (bicyclic) bond motifs is 1. The summed E-state index contributed by atoms with van der Waals surface area (Å²) in [6, 6.07) is 0.211. The first-order chi connectivity index (χ1) is 7.68.